The van der Waals surface area contributed by atoms with Gasteiger partial charge < -0.3 is 10.0 Å². The van der Waals surface area contributed by atoms with E-state index < -0.39 is 5.97 Å². The van der Waals surface area contributed by atoms with Crippen molar-refractivity contribution in [2.45, 2.75) is 6.42 Å². The average molecular weight is 241 g/mol. The smallest absolute Gasteiger partial charge is 0.337 e. The Morgan fingerprint density at radius 1 is 1.33 bits per heavy atom. The molecule has 18 heavy (non-hydrogen) atoms. The monoisotopic (exact) mass is 241 g/mol. The minimum Gasteiger partial charge on any atom is -0.478 e. The predicted molar refractivity (Wildman–Crippen MR) is 66.1 cm³/mol. The molecule has 0 saturated heterocycles. The zero-order valence-corrected chi connectivity index (χ0v) is 9.58. The maximum Gasteiger partial charge on any atom is 0.337 e. The van der Waals surface area contributed by atoms with Crippen molar-refractivity contribution in [1.29, 1.82) is 0 Å². The zero-order chi connectivity index (χ0) is 12.5. The Kier molecular flexibility index (Phi) is 2.44. The molecule has 2 aromatic rings. The molecule has 0 saturated carbocycles. The van der Waals surface area contributed by atoms with Gasteiger partial charge >= 0.3 is 5.97 Å². The van der Waals surface area contributed by atoms with Crippen LogP contribution in [0.3, 0.4) is 0 Å². The first-order valence-corrected chi connectivity index (χ1v) is 5.67. The molecule has 5 heteroatoms. The van der Waals surface area contributed by atoms with Crippen LogP contribution in [-0.2, 0) is 6.42 Å². The molecule has 1 N–H and O–H groups in total. The van der Waals surface area contributed by atoms with Gasteiger partial charge in [-0.05, 0) is 24.1 Å². The van der Waals surface area contributed by atoms with Crippen molar-refractivity contribution in [3.05, 3.63) is 47.7 Å². The van der Waals surface area contributed by atoms with Crippen molar-refractivity contribution in [3.8, 4) is 0 Å². The molecule has 3 rings (SSSR count). The van der Waals surface area contributed by atoms with E-state index in [4.69, 9.17) is 5.11 Å². The normalized spacial score (nSPS) is 13.4. The number of carbonyl (C=O) groups is 1. The maximum absolute atomic E-state index is 10.9. The van der Waals surface area contributed by atoms with Crippen LogP contribution >= 0.6 is 0 Å². The lowest BCUT2D eigenvalue weighted by Gasteiger charge is -2.17. The highest BCUT2D eigenvalue weighted by Gasteiger charge is 2.21. The van der Waals surface area contributed by atoms with Crippen LogP contribution in [0.15, 0.2) is 36.5 Å². The molecule has 0 spiro atoms. The summed E-state index contributed by atoms with van der Waals surface area (Å²) in [6, 6.07) is 9.60. The lowest BCUT2D eigenvalue weighted by Crippen LogP contribution is -2.16. The number of hydrogen-bond donors (Lipinski definition) is 1. The van der Waals surface area contributed by atoms with Crippen LogP contribution in [0.1, 0.15) is 15.9 Å². The van der Waals surface area contributed by atoms with Gasteiger partial charge in [0.25, 0.3) is 0 Å². The van der Waals surface area contributed by atoms with Crippen LogP contribution in [0.25, 0.3) is 0 Å². The van der Waals surface area contributed by atoms with Crippen molar-refractivity contribution >= 4 is 17.5 Å². The van der Waals surface area contributed by atoms with E-state index in [9.17, 15) is 4.79 Å². The summed E-state index contributed by atoms with van der Waals surface area (Å²) in [6.45, 7) is 0.803. The van der Waals surface area contributed by atoms with Crippen molar-refractivity contribution in [2.75, 3.05) is 11.4 Å². The summed E-state index contributed by atoms with van der Waals surface area (Å²) in [5.41, 5.74) is 2.48. The van der Waals surface area contributed by atoms with E-state index in [1.807, 2.05) is 23.1 Å². The molecule has 1 aromatic heterocycles. The van der Waals surface area contributed by atoms with Gasteiger partial charge in [-0.1, -0.05) is 18.2 Å². The number of carboxylic acids is 1. The van der Waals surface area contributed by atoms with Gasteiger partial charge in [0, 0.05) is 12.2 Å². The Morgan fingerprint density at radius 3 is 3.00 bits per heavy atom. The quantitative estimate of drug-likeness (QED) is 0.869. The lowest BCUT2D eigenvalue weighted by molar-refractivity contribution is 0.0696. The second kappa shape index (κ2) is 4.10. The average Bonchev–Trinajstić information content (AvgIpc) is 2.82. The summed E-state index contributed by atoms with van der Waals surface area (Å²) in [5.74, 6) is -0.404. The highest BCUT2D eigenvalue weighted by molar-refractivity contribution is 5.88. The third-order valence-electron chi connectivity index (χ3n) is 3.05. The molecule has 1 aliphatic heterocycles. The van der Waals surface area contributed by atoms with E-state index >= 15 is 0 Å². The summed E-state index contributed by atoms with van der Waals surface area (Å²) in [4.78, 5) is 12.9. The summed E-state index contributed by atoms with van der Waals surface area (Å²) in [6.07, 6.45) is 2.20. The van der Waals surface area contributed by atoms with Gasteiger partial charge in [-0.2, -0.15) is 5.10 Å². The Labute approximate surface area is 104 Å². The number of para-hydroxylation sites is 1. The second-order valence-electron chi connectivity index (χ2n) is 4.14. The molecule has 0 fully saturated rings. The molecule has 5 nitrogen and oxygen atoms in total. The highest BCUT2D eigenvalue weighted by Crippen LogP contribution is 2.32. The minimum atomic E-state index is -0.987. The van der Waals surface area contributed by atoms with E-state index in [0.29, 0.717) is 5.82 Å². The van der Waals surface area contributed by atoms with Gasteiger partial charge in [-0.3, -0.25) is 0 Å². The number of carboxylic acid groups (broad SMARTS) is 1. The minimum absolute atomic E-state index is 0.157. The molecule has 0 radical (unpaired) electrons. The van der Waals surface area contributed by atoms with E-state index in [-0.39, 0.29) is 5.56 Å². The van der Waals surface area contributed by atoms with Gasteiger partial charge in [0.05, 0.1) is 11.8 Å². The molecule has 0 unspecified atom stereocenters. The molecular formula is C13H11N3O2. The summed E-state index contributed by atoms with van der Waals surface area (Å²) in [7, 11) is 0. The highest BCUT2D eigenvalue weighted by atomic mass is 16.4. The van der Waals surface area contributed by atoms with Crippen LogP contribution < -0.4 is 4.90 Å². The first-order chi connectivity index (χ1) is 8.75. The molecular weight excluding hydrogens is 230 g/mol. The number of benzene rings is 1. The number of aromatic nitrogens is 2. The standard InChI is InChI=1S/C13H11N3O2/c17-13(18)10-7-12(15-14-8-10)16-6-5-9-3-1-2-4-11(9)16/h1-4,7-8H,5-6H2,(H,17,18). The predicted octanol–water partition coefficient (Wildman–Crippen LogP) is 1.87. The summed E-state index contributed by atoms with van der Waals surface area (Å²) < 4.78 is 0. The van der Waals surface area contributed by atoms with Crippen molar-refractivity contribution < 1.29 is 9.90 Å². The maximum atomic E-state index is 10.9. The van der Waals surface area contributed by atoms with Crippen LogP contribution in [-0.4, -0.2) is 27.8 Å². The van der Waals surface area contributed by atoms with E-state index in [1.165, 1.54) is 11.8 Å². The molecule has 0 aliphatic carbocycles. The molecule has 0 amide bonds. The third-order valence-corrected chi connectivity index (χ3v) is 3.05. The molecule has 1 aliphatic rings. The molecule has 1 aromatic carbocycles. The first kappa shape index (κ1) is 10.7. The molecule has 90 valence electrons. The fraction of sp³-hybridized carbons (Fsp3) is 0.154. The number of hydrogen-bond acceptors (Lipinski definition) is 4. The molecule has 0 bridgehead atoms. The number of fused-ring (bicyclic) bond motifs is 1. The van der Waals surface area contributed by atoms with Crippen LogP contribution in [0.2, 0.25) is 0 Å². The lowest BCUT2D eigenvalue weighted by atomic mass is 10.2. The van der Waals surface area contributed by atoms with Gasteiger partial charge in [0.2, 0.25) is 0 Å². The molecule has 2 heterocycles. The first-order valence-electron chi connectivity index (χ1n) is 5.67. The Hall–Kier alpha value is -2.43. The van der Waals surface area contributed by atoms with E-state index in [1.54, 1.807) is 6.07 Å². The number of anilines is 2. The Balaban J connectivity index is 2.02. The summed E-state index contributed by atoms with van der Waals surface area (Å²) >= 11 is 0. The Morgan fingerprint density at radius 2 is 2.17 bits per heavy atom. The third kappa shape index (κ3) is 1.69. The van der Waals surface area contributed by atoms with Gasteiger partial charge in [0.1, 0.15) is 0 Å². The SMILES string of the molecule is O=C(O)c1cnnc(N2CCc3ccccc32)c1. The van der Waals surface area contributed by atoms with Crippen molar-refractivity contribution in [3.63, 3.8) is 0 Å². The van der Waals surface area contributed by atoms with Crippen molar-refractivity contribution in [2.24, 2.45) is 0 Å². The van der Waals surface area contributed by atoms with Crippen LogP contribution in [0.5, 0.6) is 0 Å². The Bertz CT molecular complexity index is 613. The second-order valence-corrected chi connectivity index (χ2v) is 4.14. The van der Waals surface area contributed by atoms with E-state index in [0.717, 1.165) is 18.7 Å². The van der Waals surface area contributed by atoms with Crippen LogP contribution in [0.4, 0.5) is 11.5 Å². The van der Waals surface area contributed by atoms with Crippen LogP contribution in [0, 0.1) is 0 Å². The van der Waals surface area contributed by atoms with Gasteiger partial charge in [0.15, 0.2) is 5.82 Å². The van der Waals surface area contributed by atoms with E-state index in [2.05, 4.69) is 16.3 Å². The van der Waals surface area contributed by atoms with Crippen molar-refractivity contribution in [1.82, 2.24) is 10.2 Å². The number of nitrogens with zero attached hydrogens (tertiary/aromatic N) is 3. The topological polar surface area (TPSA) is 66.3 Å². The fourth-order valence-corrected chi connectivity index (χ4v) is 2.18. The zero-order valence-electron chi connectivity index (χ0n) is 9.58. The number of aromatic carboxylic acids is 1. The molecule has 0 atom stereocenters. The number of rotatable bonds is 2. The fourth-order valence-electron chi connectivity index (χ4n) is 2.18. The largest absolute Gasteiger partial charge is 0.478 e. The summed E-state index contributed by atoms with van der Waals surface area (Å²) in [5, 5.41) is 16.7. The van der Waals surface area contributed by atoms with Gasteiger partial charge in [-0.25, -0.2) is 4.79 Å². The van der Waals surface area contributed by atoms with Gasteiger partial charge in [-0.15, -0.1) is 5.10 Å².